The summed E-state index contributed by atoms with van der Waals surface area (Å²) in [7, 11) is 0. The van der Waals surface area contributed by atoms with Crippen LogP contribution in [0, 0.1) is 13.8 Å². The van der Waals surface area contributed by atoms with Gasteiger partial charge in [-0.15, -0.1) is 11.3 Å². The van der Waals surface area contributed by atoms with Gasteiger partial charge in [0, 0.05) is 74.4 Å². The number of nitrogens with one attached hydrogen (secondary N) is 4. The van der Waals surface area contributed by atoms with Crippen molar-refractivity contribution in [2.45, 2.75) is 77.7 Å². The molecule has 4 N–H and O–H groups in total. The van der Waals surface area contributed by atoms with Crippen molar-refractivity contribution in [3.63, 3.8) is 0 Å². The first kappa shape index (κ1) is 49.2. The summed E-state index contributed by atoms with van der Waals surface area (Å²) in [6.07, 6.45) is 9.18. The predicted molar refractivity (Wildman–Crippen MR) is 264 cm³/mol. The number of aryl methyl sites for hydroxylation is 2. The zero-order valence-corrected chi connectivity index (χ0v) is 40.3. The number of anilines is 5. The minimum absolute atomic E-state index is 0.00787. The van der Waals surface area contributed by atoms with Crippen LogP contribution in [0.25, 0.3) is 11.0 Å². The minimum atomic E-state index is -0.346. The monoisotopic (exact) mass is 963 g/mol. The molecule has 3 aliphatic rings. The Kier molecular flexibility index (Phi) is 16.7. The molecule has 1 saturated carbocycles. The number of carbonyl (C=O) groups excluding carboxylic acids is 4. The van der Waals surface area contributed by atoms with Gasteiger partial charge in [-0.3, -0.25) is 38.8 Å². The van der Waals surface area contributed by atoms with Crippen molar-refractivity contribution in [2.24, 2.45) is 0 Å². The molecule has 1 aliphatic carbocycles. The standard InChI is InChI=1S/C49H61N11O8S/c1-31-38-29-52-48(56-45(38)60(35-8-4-5-9-35)47(65)43(31)32(2)61)54-40-13-12-36(28-51-40)59-20-18-58(19-21-59)30-42(63)50-17-25-68-27-26-67-24-16-41(62)53-39-11-7-6-10-37(39)46(64)57-49-55-44(33(3)69-49)34-14-22-66-23-15-34/h6-7,10-13,28-29,34-35H,4-5,8-9,14-27,30H2,1-3H3,(H,50,63)(H,53,62)(H,55,57,64)(H,51,52,54,56). The number of nitrogens with zero attached hydrogens (tertiary/aromatic N) is 7. The molecular formula is C49H61N11O8S. The molecule has 6 heterocycles. The smallest absolute Gasteiger partial charge is 0.263 e. The van der Waals surface area contributed by atoms with E-state index in [1.54, 1.807) is 48.1 Å². The van der Waals surface area contributed by atoms with Crippen molar-refractivity contribution >= 4 is 74.1 Å². The van der Waals surface area contributed by atoms with Crippen molar-refractivity contribution in [1.29, 1.82) is 0 Å². The molecule has 0 spiro atoms. The fourth-order valence-corrected chi connectivity index (χ4v) is 10.1. The number of amides is 3. The summed E-state index contributed by atoms with van der Waals surface area (Å²) in [5.41, 5.74) is 3.75. The van der Waals surface area contributed by atoms with Gasteiger partial charge in [0.15, 0.2) is 10.9 Å². The van der Waals surface area contributed by atoms with E-state index in [4.69, 9.17) is 24.2 Å². The average molecular weight is 964 g/mol. The van der Waals surface area contributed by atoms with Gasteiger partial charge < -0.3 is 35.1 Å². The van der Waals surface area contributed by atoms with E-state index >= 15 is 0 Å². The maximum absolute atomic E-state index is 13.6. The van der Waals surface area contributed by atoms with Gasteiger partial charge in [0.25, 0.3) is 11.5 Å². The maximum atomic E-state index is 13.6. The Balaban J connectivity index is 0.689. The molecular weight excluding hydrogens is 903 g/mol. The Hall–Kier alpha value is -6.19. The third-order valence-electron chi connectivity index (χ3n) is 12.9. The largest absolute Gasteiger partial charge is 0.381 e. The zero-order chi connectivity index (χ0) is 48.3. The lowest BCUT2D eigenvalue weighted by Crippen LogP contribution is -2.49. The molecule has 5 aromatic rings. The lowest BCUT2D eigenvalue weighted by molar-refractivity contribution is -0.122. The van der Waals surface area contributed by atoms with E-state index < -0.39 is 0 Å². The van der Waals surface area contributed by atoms with Crippen LogP contribution in [-0.4, -0.2) is 132 Å². The molecule has 0 radical (unpaired) electrons. The second-order valence-electron chi connectivity index (χ2n) is 17.6. The normalized spacial score (nSPS) is 15.9. The molecule has 3 amide bonds. The number of carbonyl (C=O) groups is 4. The van der Waals surface area contributed by atoms with Crippen LogP contribution in [0.4, 0.5) is 28.3 Å². The van der Waals surface area contributed by atoms with Gasteiger partial charge in [-0.2, -0.15) is 4.98 Å². The second-order valence-corrected chi connectivity index (χ2v) is 18.8. The summed E-state index contributed by atoms with van der Waals surface area (Å²) in [6.45, 7) is 11.3. The average Bonchev–Trinajstić information content (AvgIpc) is 4.01. The van der Waals surface area contributed by atoms with Crippen molar-refractivity contribution in [1.82, 2.24) is 34.7 Å². The number of aromatic nitrogens is 5. The summed E-state index contributed by atoms with van der Waals surface area (Å²) in [6, 6.07) is 10.7. The quantitative estimate of drug-likeness (QED) is 0.0537. The Labute approximate surface area is 404 Å². The minimum Gasteiger partial charge on any atom is -0.381 e. The number of para-hydroxylation sites is 1. The van der Waals surface area contributed by atoms with Gasteiger partial charge in [0.05, 0.1) is 73.8 Å². The molecule has 2 saturated heterocycles. The van der Waals surface area contributed by atoms with E-state index in [1.165, 1.54) is 18.3 Å². The lowest BCUT2D eigenvalue weighted by Gasteiger charge is -2.35. The molecule has 1 aromatic carbocycles. The lowest BCUT2D eigenvalue weighted by atomic mass is 9.96. The molecule has 19 nitrogen and oxygen atoms in total. The highest BCUT2D eigenvalue weighted by atomic mass is 32.1. The number of ether oxygens (including phenoxy) is 3. The highest BCUT2D eigenvalue weighted by Gasteiger charge is 2.27. The van der Waals surface area contributed by atoms with E-state index in [-0.39, 0.29) is 66.8 Å². The first-order valence-corrected chi connectivity index (χ1v) is 24.6. The SMILES string of the molecule is CC(=O)c1c(C)c2cnc(Nc3ccc(N4CCN(CC(=O)NCCOCCOCCC(=O)Nc5ccccc5C(=O)Nc5nc(C6CCOCC6)c(C)s5)CC4)cn3)nc2n(C2CCCC2)c1=O. The topological polar surface area (TPSA) is 224 Å². The van der Waals surface area contributed by atoms with Gasteiger partial charge in [-0.25, -0.2) is 15.0 Å². The van der Waals surface area contributed by atoms with Crippen LogP contribution in [0.15, 0.2) is 53.6 Å². The third kappa shape index (κ3) is 12.5. The van der Waals surface area contributed by atoms with E-state index in [1.807, 2.05) is 19.1 Å². The third-order valence-corrected chi connectivity index (χ3v) is 13.8. The molecule has 366 valence electrons. The highest BCUT2D eigenvalue weighted by molar-refractivity contribution is 7.15. The Morgan fingerprint density at radius 1 is 0.841 bits per heavy atom. The van der Waals surface area contributed by atoms with E-state index in [0.717, 1.165) is 67.9 Å². The number of ketones is 1. The van der Waals surface area contributed by atoms with Crippen LogP contribution < -0.4 is 31.7 Å². The molecule has 0 atom stereocenters. The second kappa shape index (κ2) is 23.4. The first-order valence-electron chi connectivity index (χ1n) is 23.8. The molecule has 20 heteroatoms. The zero-order valence-electron chi connectivity index (χ0n) is 39.5. The number of thiazole rings is 1. The van der Waals surface area contributed by atoms with Crippen molar-refractivity contribution in [3.05, 3.63) is 86.4 Å². The maximum Gasteiger partial charge on any atom is 0.263 e. The fraction of sp³-hybridized carbons (Fsp3) is 0.490. The van der Waals surface area contributed by atoms with Gasteiger partial charge >= 0.3 is 0 Å². The number of hydrogen-bond donors (Lipinski definition) is 4. The van der Waals surface area contributed by atoms with E-state index in [0.29, 0.717) is 96.7 Å². The molecule has 69 heavy (non-hydrogen) atoms. The number of pyridine rings is 2. The summed E-state index contributed by atoms with van der Waals surface area (Å²) < 4.78 is 18.4. The molecule has 4 aromatic heterocycles. The number of fused-ring (bicyclic) bond motifs is 1. The predicted octanol–water partition coefficient (Wildman–Crippen LogP) is 5.77. The van der Waals surface area contributed by atoms with Crippen LogP contribution in [0.2, 0.25) is 0 Å². The fourth-order valence-electron chi connectivity index (χ4n) is 9.22. The molecule has 0 unspecified atom stereocenters. The van der Waals surface area contributed by atoms with E-state index in [2.05, 4.69) is 41.0 Å². The summed E-state index contributed by atoms with van der Waals surface area (Å²) in [4.78, 5) is 88.7. The van der Waals surface area contributed by atoms with Crippen LogP contribution in [0.1, 0.15) is 101 Å². The van der Waals surface area contributed by atoms with Gasteiger partial charge in [-0.1, -0.05) is 25.0 Å². The number of hydrogen-bond acceptors (Lipinski definition) is 16. The van der Waals surface area contributed by atoms with Gasteiger partial charge in [0.2, 0.25) is 17.8 Å². The van der Waals surface area contributed by atoms with Gasteiger partial charge in [-0.05, 0) is 76.3 Å². The van der Waals surface area contributed by atoms with Crippen LogP contribution >= 0.6 is 11.3 Å². The van der Waals surface area contributed by atoms with Gasteiger partial charge in [0.1, 0.15) is 11.5 Å². The summed E-state index contributed by atoms with van der Waals surface area (Å²) in [5.74, 6) is 0.243. The molecule has 8 rings (SSSR count). The summed E-state index contributed by atoms with van der Waals surface area (Å²) in [5, 5.41) is 13.1. The van der Waals surface area contributed by atoms with Crippen molar-refractivity contribution < 1.29 is 33.4 Å². The number of Topliss-reactive ketones (excluding diaryl/α,β-unsaturated/α-hetero) is 1. The number of rotatable bonds is 20. The van der Waals surface area contributed by atoms with Crippen LogP contribution in [0.5, 0.6) is 0 Å². The Morgan fingerprint density at radius 3 is 2.33 bits per heavy atom. The Morgan fingerprint density at radius 2 is 1.59 bits per heavy atom. The van der Waals surface area contributed by atoms with Crippen molar-refractivity contribution in [2.75, 3.05) is 99.8 Å². The number of benzene rings is 1. The molecule has 3 fully saturated rings. The van der Waals surface area contributed by atoms with Crippen LogP contribution in [0.3, 0.4) is 0 Å². The van der Waals surface area contributed by atoms with Crippen LogP contribution in [-0.2, 0) is 23.8 Å². The highest BCUT2D eigenvalue weighted by Crippen LogP contribution is 2.35. The first-order chi connectivity index (χ1) is 33.5. The van der Waals surface area contributed by atoms with Crippen molar-refractivity contribution in [3.8, 4) is 0 Å². The van der Waals surface area contributed by atoms with E-state index in [9.17, 15) is 24.0 Å². The number of piperazine rings is 1. The molecule has 0 bridgehead atoms. The Bertz CT molecular complexity index is 2670. The molecule has 2 aliphatic heterocycles. The summed E-state index contributed by atoms with van der Waals surface area (Å²) >= 11 is 1.45.